The van der Waals surface area contributed by atoms with Gasteiger partial charge in [-0.25, -0.2) is 22.5 Å². The van der Waals surface area contributed by atoms with Gasteiger partial charge in [0.15, 0.2) is 5.82 Å². The number of hydrogen-bond donors (Lipinski definition) is 1. The fraction of sp³-hybridized carbons (Fsp3) is 0.235. The zero-order valence-electron chi connectivity index (χ0n) is 13.7. The Hall–Kier alpha value is -1.96. The average Bonchev–Trinajstić information content (AvgIpc) is 2.95. The molecular formula is C17H17ClFN3O2S. The number of para-hydroxylation sites is 1. The third kappa shape index (κ3) is 3.40. The molecule has 1 atom stereocenters. The fourth-order valence-electron chi connectivity index (χ4n) is 2.76. The number of imidazole rings is 1. The van der Waals surface area contributed by atoms with Crippen molar-refractivity contribution >= 4 is 32.7 Å². The molecule has 0 aliphatic rings. The Morgan fingerprint density at radius 3 is 2.56 bits per heavy atom. The first kappa shape index (κ1) is 17.8. The van der Waals surface area contributed by atoms with E-state index in [1.165, 1.54) is 30.3 Å². The van der Waals surface area contributed by atoms with Crippen LogP contribution in [0.5, 0.6) is 0 Å². The molecule has 3 aromatic rings. The van der Waals surface area contributed by atoms with Crippen LogP contribution in [0.4, 0.5) is 4.39 Å². The second kappa shape index (κ2) is 6.74. The molecule has 0 spiro atoms. The predicted octanol–water partition coefficient (Wildman–Crippen LogP) is 3.89. The summed E-state index contributed by atoms with van der Waals surface area (Å²) in [6.45, 7) is 4.12. The predicted molar refractivity (Wildman–Crippen MR) is 95.6 cm³/mol. The van der Waals surface area contributed by atoms with E-state index in [9.17, 15) is 12.8 Å². The van der Waals surface area contributed by atoms with Crippen LogP contribution in [0.25, 0.3) is 11.0 Å². The monoisotopic (exact) mass is 381 g/mol. The Morgan fingerprint density at radius 1 is 1.24 bits per heavy atom. The number of aromatic nitrogens is 2. The SMILES string of the molecule is CCn1c(C(C)NS(=O)(=O)c2ccc(Cl)cc2)nc2c(F)cccc21. The first-order chi connectivity index (χ1) is 11.8. The van der Waals surface area contributed by atoms with E-state index in [1.54, 1.807) is 23.6 Å². The Balaban J connectivity index is 1.98. The van der Waals surface area contributed by atoms with Crippen molar-refractivity contribution in [1.29, 1.82) is 0 Å². The van der Waals surface area contributed by atoms with Crippen molar-refractivity contribution < 1.29 is 12.8 Å². The van der Waals surface area contributed by atoms with Crippen LogP contribution in [0.15, 0.2) is 47.4 Å². The smallest absolute Gasteiger partial charge is 0.241 e. The molecule has 0 fully saturated rings. The first-order valence-electron chi connectivity index (χ1n) is 7.76. The number of benzene rings is 2. The highest BCUT2D eigenvalue weighted by atomic mass is 35.5. The normalized spacial score (nSPS) is 13.3. The van der Waals surface area contributed by atoms with Gasteiger partial charge >= 0.3 is 0 Å². The summed E-state index contributed by atoms with van der Waals surface area (Å²) in [5.74, 6) is 0.0267. The van der Waals surface area contributed by atoms with Crippen molar-refractivity contribution in [2.24, 2.45) is 0 Å². The summed E-state index contributed by atoms with van der Waals surface area (Å²) < 4.78 is 43.5. The third-order valence-corrected chi connectivity index (χ3v) is 5.73. The molecule has 1 N–H and O–H groups in total. The Morgan fingerprint density at radius 2 is 1.92 bits per heavy atom. The van der Waals surface area contributed by atoms with E-state index in [-0.39, 0.29) is 10.4 Å². The average molecular weight is 382 g/mol. The molecule has 8 heteroatoms. The van der Waals surface area contributed by atoms with Gasteiger partial charge in [0.1, 0.15) is 11.3 Å². The number of sulfonamides is 1. The topological polar surface area (TPSA) is 64.0 Å². The quantitative estimate of drug-likeness (QED) is 0.729. The minimum atomic E-state index is -3.75. The van der Waals surface area contributed by atoms with Gasteiger partial charge in [-0.15, -0.1) is 0 Å². The van der Waals surface area contributed by atoms with Gasteiger partial charge in [-0.3, -0.25) is 0 Å². The molecular weight excluding hydrogens is 365 g/mol. The highest BCUT2D eigenvalue weighted by molar-refractivity contribution is 7.89. The Kier molecular flexibility index (Phi) is 4.81. The van der Waals surface area contributed by atoms with Crippen molar-refractivity contribution in [1.82, 2.24) is 14.3 Å². The van der Waals surface area contributed by atoms with E-state index in [0.29, 0.717) is 22.9 Å². The van der Waals surface area contributed by atoms with Gasteiger partial charge in [0.25, 0.3) is 0 Å². The minimum Gasteiger partial charge on any atom is -0.327 e. The molecule has 1 heterocycles. The van der Waals surface area contributed by atoms with Crippen LogP contribution in [-0.2, 0) is 16.6 Å². The zero-order valence-corrected chi connectivity index (χ0v) is 15.3. The minimum absolute atomic E-state index is 0.106. The molecule has 0 bridgehead atoms. The van der Waals surface area contributed by atoms with Gasteiger partial charge in [0.05, 0.1) is 16.5 Å². The van der Waals surface area contributed by atoms with Crippen molar-refractivity contribution in [2.75, 3.05) is 0 Å². The summed E-state index contributed by atoms with van der Waals surface area (Å²) in [5.41, 5.74) is 0.868. The second-order valence-corrected chi connectivity index (χ2v) is 7.77. The Labute approximate surface area is 150 Å². The maximum absolute atomic E-state index is 14.0. The first-order valence-corrected chi connectivity index (χ1v) is 9.62. The highest BCUT2D eigenvalue weighted by Gasteiger charge is 2.23. The lowest BCUT2D eigenvalue weighted by atomic mass is 10.3. The molecule has 0 amide bonds. The van der Waals surface area contributed by atoms with Crippen LogP contribution in [0, 0.1) is 5.82 Å². The van der Waals surface area contributed by atoms with Gasteiger partial charge in [-0.2, -0.15) is 0 Å². The van der Waals surface area contributed by atoms with Crippen LogP contribution in [0.2, 0.25) is 5.02 Å². The molecule has 2 aromatic carbocycles. The number of hydrogen-bond acceptors (Lipinski definition) is 3. The molecule has 5 nitrogen and oxygen atoms in total. The molecule has 0 saturated carbocycles. The van der Waals surface area contributed by atoms with E-state index in [4.69, 9.17) is 11.6 Å². The summed E-state index contributed by atoms with van der Waals surface area (Å²) in [6.07, 6.45) is 0. The van der Waals surface area contributed by atoms with E-state index in [1.807, 2.05) is 6.92 Å². The summed E-state index contributed by atoms with van der Waals surface area (Å²) in [5, 5.41) is 0.454. The molecule has 0 aliphatic heterocycles. The number of nitrogens with one attached hydrogen (secondary N) is 1. The van der Waals surface area contributed by atoms with E-state index in [2.05, 4.69) is 9.71 Å². The van der Waals surface area contributed by atoms with Gasteiger partial charge in [-0.05, 0) is 50.2 Å². The summed E-state index contributed by atoms with van der Waals surface area (Å²) in [7, 11) is -3.75. The summed E-state index contributed by atoms with van der Waals surface area (Å²) in [4.78, 5) is 4.42. The van der Waals surface area contributed by atoms with E-state index >= 15 is 0 Å². The Bertz CT molecular complexity index is 1020. The van der Waals surface area contributed by atoms with Crippen LogP contribution in [0.1, 0.15) is 25.7 Å². The molecule has 1 aromatic heterocycles. The molecule has 3 rings (SSSR count). The highest BCUT2D eigenvalue weighted by Crippen LogP contribution is 2.24. The van der Waals surface area contributed by atoms with Gasteiger partial charge in [-0.1, -0.05) is 17.7 Å². The molecule has 0 radical (unpaired) electrons. The molecule has 25 heavy (non-hydrogen) atoms. The zero-order chi connectivity index (χ0) is 18.2. The van der Waals surface area contributed by atoms with Crippen molar-refractivity contribution in [3.05, 3.63) is 59.1 Å². The summed E-state index contributed by atoms with van der Waals surface area (Å²) >= 11 is 5.80. The summed E-state index contributed by atoms with van der Waals surface area (Å²) in [6, 6.07) is 9.96. The lowest BCUT2D eigenvalue weighted by Gasteiger charge is -2.15. The lowest BCUT2D eigenvalue weighted by molar-refractivity contribution is 0.549. The number of rotatable bonds is 5. The largest absolute Gasteiger partial charge is 0.327 e. The van der Waals surface area contributed by atoms with Crippen molar-refractivity contribution in [3.8, 4) is 0 Å². The van der Waals surface area contributed by atoms with Crippen LogP contribution < -0.4 is 4.72 Å². The van der Waals surface area contributed by atoms with Crippen LogP contribution in [-0.4, -0.2) is 18.0 Å². The van der Waals surface area contributed by atoms with Gasteiger partial charge in [0, 0.05) is 11.6 Å². The van der Waals surface area contributed by atoms with Crippen LogP contribution >= 0.6 is 11.6 Å². The third-order valence-electron chi connectivity index (χ3n) is 3.92. The van der Waals surface area contributed by atoms with Gasteiger partial charge in [0.2, 0.25) is 10.0 Å². The second-order valence-electron chi connectivity index (χ2n) is 5.62. The number of fused-ring (bicyclic) bond motifs is 1. The lowest BCUT2D eigenvalue weighted by Crippen LogP contribution is -2.28. The van der Waals surface area contributed by atoms with Crippen LogP contribution in [0.3, 0.4) is 0 Å². The molecule has 132 valence electrons. The van der Waals surface area contributed by atoms with Crippen molar-refractivity contribution in [3.63, 3.8) is 0 Å². The number of halogens is 2. The maximum atomic E-state index is 14.0. The standard InChI is InChI=1S/C17H17ClFN3O2S/c1-3-22-15-6-4-5-14(19)16(15)20-17(22)11(2)21-25(23,24)13-9-7-12(18)8-10-13/h4-11,21H,3H2,1-2H3. The molecule has 0 saturated heterocycles. The molecule has 1 unspecified atom stereocenters. The fourth-order valence-corrected chi connectivity index (χ4v) is 4.09. The maximum Gasteiger partial charge on any atom is 0.241 e. The van der Waals surface area contributed by atoms with Gasteiger partial charge < -0.3 is 4.57 Å². The van der Waals surface area contributed by atoms with E-state index in [0.717, 1.165) is 0 Å². The molecule has 0 aliphatic carbocycles. The van der Waals surface area contributed by atoms with E-state index < -0.39 is 21.9 Å². The number of aryl methyl sites for hydroxylation is 1. The van der Waals surface area contributed by atoms with Crippen molar-refractivity contribution in [2.45, 2.75) is 31.3 Å². The number of nitrogens with zero attached hydrogens (tertiary/aromatic N) is 2.